The summed E-state index contributed by atoms with van der Waals surface area (Å²) >= 11 is 0. The first-order valence-electron chi connectivity index (χ1n) is 6.79. The minimum atomic E-state index is 0.203. The zero-order chi connectivity index (χ0) is 13.2. The van der Waals surface area contributed by atoms with Crippen LogP contribution in [0.25, 0.3) is 0 Å². The minimum absolute atomic E-state index is 0.203. The Balaban J connectivity index is 1.72. The van der Waals surface area contributed by atoms with Gasteiger partial charge in [-0.25, -0.2) is 0 Å². The maximum Gasteiger partial charge on any atom is 0.122 e. The van der Waals surface area contributed by atoms with E-state index in [4.69, 9.17) is 9.15 Å². The van der Waals surface area contributed by atoms with E-state index in [0.29, 0.717) is 0 Å². The fourth-order valence-corrected chi connectivity index (χ4v) is 2.57. The molecular weight excluding hydrogens is 238 g/mol. The molecule has 1 aliphatic heterocycles. The molecule has 3 rings (SSSR count). The van der Waals surface area contributed by atoms with Crippen LogP contribution in [0.5, 0.6) is 5.75 Å². The summed E-state index contributed by atoms with van der Waals surface area (Å²) in [6.07, 6.45) is 2.73. The first-order valence-corrected chi connectivity index (χ1v) is 6.79. The van der Waals surface area contributed by atoms with Gasteiger partial charge >= 0.3 is 0 Å². The second-order valence-electron chi connectivity index (χ2n) is 5.09. The van der Waals surface area contributed by atoms with Crippen LogP contribution in [0.15, 0.2) is 41.0 Å². The summed E-state index contributed by atoms with van der Waals surface area (Å²) < 4.78 is 11.0. The highest BCUT2D eigenvalue weighted by Gasteiger charge is 2.16. The number of hydrogen-bond acceptors (Lipinski definition) is 3. The summed E-state index contributed by atoms with van der Waals surface area (Å²) in [5.74, 6) is 2.01. The predicted molar refractivity (Wildman–Crippen MR) is 74.3 cm³/mol. The van der Waals surface area contributed by atoms with Gasteiger partial charge in [-0.05, 0) is 43.2 Å². The summed E-state index contributed by atoms with van der Waals surface area (Å²) in [5.41, 5.74) is 2.61. The van der Waals surface area contributed by atoms with Crippen LogP contribution in [0.1, 0.15) is 42.8 Å². The summed E-state index contributed by atoms with van der Waals surface area (Å²) in [7, 11) is 0. The molecule has 0 bridgehead atoms. The van der Waals surface area contributed by atoms with Crippen LogP contribution >= 0.6 is 0 Å². The van der Waals surface area contributed by atoms with Crippen molar-refractivity contribution in [1.82, 2.24) is 5.32 Å². The van der Waals surface area contributed by atoms with E-state index in [1.54, 1.807) is 6.26 Å². The highest BCUT2D eigenvalue weighted by Crippen LogP contribution is 2.29. The molecule has 100 valence electrons. The largest absolute Gasteiger partial charge is 0.493 e. The smallest absolute Gasteiger partial charge is 0.122 e. The second kappa shape index (κ2) is 5.10. The Labute approximate surface area is 113 Å². The molecule has 1 N–H and O–H groups in total. The van der Waals surface area contributed by atoms with Crippen molar-refractivity contribution in [2.75, 3.05) is 6.61 Å². The van der Waals surface area contributed by atoms with Gasteiger partial charge in [0.1, 0.15) is 11.5 Å². The highest BCUT2D eigenvalue weighted by atomic mass is 16.5. The standard InChI is InChI=1S/C16H19NO2/c1-11(17-12(2)15-4-3-8-18-15)13-5-6-16-14(10-13)7-9-19-16/h3-6,8,10-12,17H,7,9H2,1-2H3. The lowest BCUT2D eigenvalue weighted by molar-refractivity contribution is 0.356. The minimum Gasteiger partial charge on any atom is -0.493 e. The molecule has 0 aliphatic carbocycles. The molecule has 1 aromatic heterocycles. The fraction of sp³-hybridized carbons (Fsp3) is 0.375. The number of furan rings is 1. The first kappa shape index (κ1) is 12.3. The van der Waals surface area contributed by atoms with Crippen LogP contribution < -0.4 is 10.1 Å². The SMILES string of the molecule is CC(NC(C)c1ccco1)c1ccc2c(c1)CCO2. The van der Waals surface area contributed by atoms with Crippen molar-refractivity contribution in [2.24, 2.45) is 0 Å². The molecule has 2 unspecified atom stereocenters. The van der Waals surface area contributed by atoms with Crippen LogP contribution in [0.2, 0.25) is 0 Å². The molecule has 0 radical (unpaired) electrons. The Morgan fingerprint density at radius 1 is 1.16 bits per heavy atom. The van der Waals surface area contributed by atoms with Gasteiger partial charge in [-0.1, -0.05) is 12.1 Å². The van der Waals surface area contributed by atoms with Crippen molar-refractivity contribution in [1.29, 1.82) is 0 Å². The molecule has 3 nitrogen and oxygen atoms in total. The number of hydrogen-bond donors (Lipinski definition) is 1. The van der Waals surface area contributed by atoms with E-state index in [1.165, 1.54) is 11.1 Å². The van der Waals surface area contributed by atoms with Gasteiger partial charge in [-0.3, -0.25) is 0 Å². The van der Waals surface area contributed by atoms with Crippen molar-refractivity contribution in [3.63, 3.8) is 0 Å². The Hall–Kier alpha value is -1.74. The average molecular weight is 257 g/mol. The van der Waals surface area contributed by atoms with Crippen LogP contribution in [0.4, 0.5) is 0 Å². The number of rotatable bonds is 4. The maximum atomic E-state index is 5.54. The summed E-state index contributed by atoms with van der Waals surface area (Å²) in [5, 5.41) is 3.56. The van der Waals surface area contributed by atoms with Gasteiger partial charge in [0.15, 0.2) is 0 Å². The van der Waals surface area contributed by atoms with Crippen LogP contribution in [0.3, 0.4) is 0 Å². The zero-order valence-electron chi connectivity index (χ0n) is 11.3. The molecular formula is C16H19NO2. The van der Waals surface area contributed by atoms with Crippen molar-refractivity contribution in [2.45, 2.75) is 32.4 Å². The van der Waals surface area contributed by atoms with E-state index in [-0.39, 0.29) is 12.1 Å². The van der Waals surface area contributed by atoms with E-state index in [2.05, 4.69) is 37.4 Å². The third-order valence-electron chi connectivity index (χ3n) is 3.68. The van der Waals surface area contributed by atoms with Gasteiger partial charge in [0, 0.05) is 12.5 Å². The zero-order valence-corrected chi connectivity index (χ0v) is 11.3. The number of fused-ring (bicyclic) bond motifs is 1. The van der Waals surface area contributed by atoms with Crippen molar-refractivity contribution >= 4 is 0 Å². The predicted octanol–water partition coefficient (Wildman–Crippen LogP) is 3.63. The third kappa shape index (κ3) is 2.51. The summed E-state index contributed by atoms with van der Waals surface area (Å²) in [4.78, 5) is 0. The highest BCUT2D eigenvalue weighted by molar-refractivity contribution is 5.40. The van der Waals surface area contributed by atoms with E-state index in [9.17, 15) is 0 Å². The van der Waals surface area contributed by atoms with E-state index < -0.39 is 0 Å². The number of nitrogens with one attached hydrogen (secondary N) is 1. The molecule has 2 aromatic rings. The average Bonchev–Trinajstić information content (AvgIpc) is 3.09. The van der Waals surface area contributed by atoms with Crippen LogP contribution in [-0.4, -0.2) is 6.61 Å². The Kier molecular flexibility index (Phi) is 3.30. The Morgan fingerprint density at radius 2 is 2.05 bits per heavy atom. The van der Waals surface area contributed by atoms with Gasteiger partial charge in [0.05, 0.1) is 18.9 Å². The Bertz CT molecular complexity index is 548. The molecule has 2 atom stereocenters. The molecule has 3 heteroatoms. The maximum absolute atomic E-state index is 5.54. The van der Waals surface area contributed by atoms with E-state index in [1.807, 2.05) is 12.1 Å². The lowest BCUT2D eigenvalue weighted by Gasteiger charge is -2.19. The molecule has 1 aromatic carbocycles. The van der Waals surface area contributed by atoms with Crippen molar-refractivity contribution in [3.8, 4) is 5.75 Å². The van der Waals surface area contributed by atoms with Crippen LogP contribution in [0, 0.1) is 0 Å². The molecule has 19 heavy (non-hydrogen) atoms. The third-order valence-corrected chi connectivity index (χ3v) is 3.68. The molecule has 0 amide bonds. The lowest BCUT2D eigenvalue weighted by Crippen LogP contribution is -2.22. The monoisotopic (exact) mass is 257 g/mol. The molecule has 2 heterocycles. The lowest BCUT2D eigenvalue weighted by atomic mass is 10.0. The first-order chi connectivity index (χ1) is 9.24. The topological polar surface area (TPSA) is 34.4 Å². The number of ether oxygens (including phenoxy) is 1. The summed E-state index contributed by atoms with van der Waals surface area (Å²) in [6.45, 7) is 5.10. The molecule has 1 aliphatic rings. The Morgan fingerprint density at radius 3 is 2.84 bits per heavy atom. The molecule has 0 saturated heterocycles. The molecule has 0 spiro atoms. The quantitative estimate of drug-likeness (QED) is 0.908. The van der Waals surface area contributed by atoms with Gasteiger partial charge in [0.25, 0.3) is 0 Å². The van der Waals surface area contributed by atoms with Crippen molar-refractivity contribution < 1.29 is 9.15 Å². The van der Waals surface area contributed by atoms with Gasteiger partial charge in [-0.15, -0.1) is 0 Å². The van der Waals surface area contributed by atoms with Gasteiger partial charge in [0.2, 0.25) is 0 Å². The van der Waals surface area contributed by atoms with Gasteiger partial charge in [-0.2, -0.15) is 0 Å². The normalized spacial score (nSPS) is 16.7. The number of benzene rings is 1. The molecule has 0 fully saturated rings. The second-order valence-corrected chi connectivity index (χ2v) is 5.09. The van der Waals surface area contributed by atoms with Gasteiger partial charge < -0.3 is 14.5 Å². The fourth-order valence-electron chi connectivity index (χ4n) is 2.57. The van der Waals surface area contributed by atoms with Crippen LogP contribution in [-0.2, 0) is 6.42 Å². The van der Waals surface area contributed by atoms with E-state index >= 15 is 0 Å². The molecule has 0 saturated carbocycles. The van der Waals surface area contributed by atoms with E-state index in [0.717, 1.165) is 24.5 Å². The van der Waals surface area contributed by atoms with Crippen molar-refractivity contribution in [3.05, 3.63) is 53.5 Å². The summed E-state index contributed by atoms with van der Waals surface area (Å²) in [6, 6.07) is 10.9.